The first-order valence-corrected chi connectivity index (χ1v) is 9.51. The number of rotatable bonds is 5. The lowest BCUT2D eigenvalue weighted by atomic mass is 10.1. The van der Waals surface area contributed by atoms with E-state index in [1.54, 1.807) is 36.4 Å². The van der Waals surface area contributed by atoms with Crippen molar-refractivity contribution in [2.75, 3.05) is 40.3 Å². The number of carbonyl (C=O) groups is 3. The monoisotopic (exact) mass is 395 g/mol. The molecule has 7 nitrogen and oxygen atoms in total. The van der Waals surface area contributed by atoms with E-state index in [2.05, 4.69) is 22.0 Å². The number of nitrogens with one attached hydrogen (secondary N) is 1. The Kier molecular flexibility index (Phi) is 6.61. The highest BCUT2D eigenvalue weighted by molar-refractivity contribution is 5.96. The van der Waals surface area contributed by atoms with Crippen molar-refractivity contribution in [2.45, 2.75) is 6.54 Å². The van der Waals surface area contributed by atoms with Gasteiger partial charge in [-0.2, -0.15) is 0 Å². The second kappa shape index (κ2) is 9.34. The van der Waals surface area contributed by atoms with E-state index in [9.17, 15) is 14.4 Å². The summed E-state index contributed by atoms with van der Waals surface area (Å²) in [7, 11) is 3.37. The third-order valence-corrected chi connectivity index (χ3v) is 5.01. The summed E-state index contributed by atoms with van der Waals surface area (Å²) in [6.45, 7) is 3.59. The number of nitrogens with zero attached hydrogens (tertiary/aromatic N) is 2. The van der Waals surface area contributed by atoms with E-state index in [1.807, 2.05) is 17.0 Å². The van der Waals surface area contributed by atoms with Crippen LogP contribution in [0.2, 0.25) is 0 Å². The summed E-state index contributed by atoms with van der Waals surface area (Å²) in [5.41, 5.74) is 2.41. The lowest BCUT2D eigenvalue weighted by molar-refractivity contribution is 0.0599. The van der Waals surface area contributed by atoms with E-state index in [0.29, 0.717) is 23.2 Å². The van der Waals surface area contributed by atoms with E-state index >= 15 is 0 Å². The molecule has 0 radical (unpaired) electrons. The van der Waals surface area contributed by atoms with Gasteiger partial charge in [0.15, 0.2) is 0 Å². The van der Waals surface area contributed by atoms with Gasteiger partial charge in [0.1, 0.15) is 0 Å². The highest BCUT2D eigenvalue weighted by Crippen LogP contribution is 2.11. The molecule has 1 N–H and O–H groups in total. The van der Waals surface area contributed by atoms with Crippen molar-refractivity contribution in [1.82, 2.24) is 15.1 Å². The van der Waals surface area contributed by atoms with Crippen molar-refractivity contribution >= 4 is 17.8 Å². The molecule has 7 heteroatoms. The summed E-state index contributed by atoms with van der Waals surface area (Å²) >= 11 is 0. The quantitative estimate of drug-likeness (QED) is 0.781. The Morgan fingerprint density at radius 3 is 2.00 bits per heavy atom. The average molecular weight is 395 g/mol. The van der Waals surface area contributed by atoms with E-state index in [1.165, 1.54) is 7.11 Å². The fourth-order valence-corrected chi connectivity index (χ4v) is 3.12. The highest BCUT2D eigenvalue weighted by atomic mass is 16.5. The molecule has 2 aromatic carbocycles. The zero-order valence-electron chi connectivity index (χ0n) is 16.7. The van der Waals surface area contributed by atoms with Gasteiger partial charge >= 0.3 is 5.97 Å². The van der Waals surface area contributed by atoms with Crippen molar-refractivity contribution in [2.24, 2.45) is 0 Å². The van der Waals surface area contributed by atoms with Gasteiger partial charge in [0, 0.05) is 43.9 Å². The number of hydrogen-bond donors (Lipinski definition) is 1. The zero-order valence-corrected chi connectivity index (χ0v) is 16.7. The van der Waals surface area contributed by atoms with Crippen molar-refractivity contribution in [1.29, 1.82) is 0 Å². The summed E-state index contributed by atoms with van der Waals surface area (Å²) in [6.07, 6.45) is 0. The number of benzene rings is 2. The molecular formula is C22H25N3O4. The van der Waals surface area contributed by atoms with Crippen LogP contribution in [0.3, 0.4) is 0 Å². The molecule has 1 heterocycles. The summed E-state index contributed by atoms with van der Waals surface area (Å²) in [4.78, 5) is 40.4. The van der Waals surface area contributed by atoms with Crippen LogP contribution in [0.25, 0.3) is 0 Å². The molecule has 1 aliphatic heterocycles. The van der Waals surface area contributed by atoms with E-state index in [4.69, 9.17) is 0 Å². The molecule has 0 atom stereocenters. The predicted octanol–water partition coefficient (Wildman–Crippen LogP) is 1.79. The van der Waals surface area contributed by atoms with Gasteiger partial charge in [0.05, 0.1) is 12.7 Å². The molecule has 2 aromatic rings. The fraction of sp³-hybridized carbons (Fsp3) is 0.318. The second-order valence-corrected chi connectivity index (χ2v) is 7.04. The maximum Gasteiger partial charge on any atom is 0.337 e. The van der Waals surface area contributed by atoms with E-state index in [-0.39, 0.29) is 11.8 Å². The van der Waals surface area contributed by atoms with Crippen LogP contribution in [0.1, 0.15) is 36.6 Å². The predicted molar refractivity (Wildman–Crippen MR) is 109 cm³/mol. The molecule has 1 fully saturated rings. The third-order valence-electron chi connectivity index (χ3n) is 5.01. The minimum Gasteiger partial charge on any atom is -0.465 e. The number of methoxy groups -OCH3 is 1. The molecule has 152 valence electrons. The zero-order chi connectivity index (χ0) is 20.8. The Balaban J connectivity index is 1.54. The molecule has 0 bridgehead atoms. The minimum atomic E-state index is -0.442. The van der Waals surface area contributed by atoms with Crippen molar-refractivity contribution in [3.05, 3.63) is 70.8 Å². The maximum absolute atomic E-state index is 12.6. The van der Waals surface area contributed by atoms with Crippen LogP contribution >= 0.6 is 0 Å². The van der Waals surface area contributed by atoms with Gasteiger partial charge < -0.3 is 19.9 Å². The van der Waals surface area contributed by atoms with Gasteiger partial charge in [-0.15, -0.1) is 0 Å². The molecule has 0 unspecified atom stereocenters. The molecule has 1 aliphatic rings. The number of hydrogen-bond acceptors (Lipinski definition) is 5. The first kappa shape index (κ1) is 20.5. The molecule has 0 saturated carbocycles. The molecular weight excluding hydrogens is 370 g/mol. The van der Waals surface area contributed by atoms with Gasteiger partial charge in [0.25, 0.3) is 11.8 Å². The first-order valence-electron chi connectivity index (χ1n) is 9.51. The van der Waals surface area contributed by atoms with Crippen LogP contribution in [0.15, 0.2) is 48.5 Å². The topological polar surface area (TPSA) is 78.9 Å². The largest absolute Gasteiger partial charge is 0.465 e. The number of carbonyl (C=O) groups excluding carboxylic acids is 3. The number of ether oxygens (including phenoxy) is 1. The smallest absolute Gasteiger partial charge is 0.337 e. The van der Waals surface area contributed by atoms with Crippen molar-refractivity contribution in [3.8, 4) is 0 Å². The fourth-order valence-electron chi connectivity index (χ4n) is 3.12. The lowest BCUT2D eigenvalue weighted by Crippen LogP contribution is -2.47. The summed E-state index contributed by atoms with van der Waals surface area (Å²) < 4.78 is 4.64. The van der Waals surface area contributed by atoms with Crippen LogP contribution < -0.4 is 5.32 Å². The van der Waals surface area contributed by atoms with Crippen molar-refractivity contribution < 1.29 is 19.1 Å². The molecule has 0 aromatic heterocycles. The van der Waals surface area contributed by atoms with Crippen LogP contribution in [0.5, 0.6) is 0 Å². The number of amides is 2. The number of likely N-dealkylation sites (N-methyl/N-ethyl adjacent to an activating group) is 1. The molecule has 3 rings (SSSR count). The van der Waals surface area contributed by atoms with Crippen LogP contribution in [-0.4, -0.2) is 67.9 Å². The standard InChI is InChI=1S/C22H25N3O4/c1-24-11-13-25(14-12-24)21(27)18-5-3-16(4-6-18)15-23-20(26)17-7-9-19(10-8-17)22(28)29-2/h3-10H,11-15H2,1-2H3,(H,23,26). The normalized spacial score (nSPS) is 14.3. The molecule has 29 heavy (non-hydrogen) atoms. The molecule has 0 aliphatic carbocycles. The average Bonchev–Trinajstić information content (AvgIpc) is 2.77. The summed E-state index contributed by atoms with van der Waals surface area (Å²) in [5, 5.41) is 2.84. The molecule has 1 saturated heterocycles. The second-order valence-electron chi connectivity index (χ2n) is 7.04. The van der Waals surface area contributed by atoms with Gasteiger partial charge in [-0.05, 0) is 49.0 Å². The number of esters is 1. The van der Waals surface area contributed by atoms with Gasteiger partial charge in [-0.25, -0.2) is 4.79 Å². The van der Waals surface area contributed by atoms with Crippen LogP contribution in [0, 0.1) is 0 Å². The Hall–Kier alpha value is -3.19. The highest BCUT2D eigenvalue weighted by Gasteiger charge is 2.20. The first-order chi connectivity index (χ1) is 14.0. The Bertz CT molecular complexity index is 870. The Labute approximate surface area is 170 Å². The minimum absolute atomic E-state index is 0.0411. The summed E-state index contributed by atoms with van der Waals surface area (Å²) in [6, 6.07) is 13.6. The van der Waals surface area contributed by atoms with Crippen molar-refractivity contribution in [3.63, 3.8) is 0 Å². The SMILES string of the molecule is COC(=O)c1ccc(C(=O)NCc2ccc(C(=O)N3CCN(C)CC3)cc2)cc1. The lowest BCUT2D eigenvalue weighted by Gasteiger charge is -2.32. The van der Waals surface area contributed by atoms with E-state index < -0.39 is 5.97 Å². The van der Waals surface area contributed by atoms with E-state index in [0.717, 1.165) is 31.7 Å². The van der Waals surface area contributed by atoms with Gasteiger partial charge in [-0.1, -0.05) is 12.1 Å². The number of piperazine rings is 1. The Morgan fingerprint density at radius 1 is 0.862 bits per heavy atom. The third kappa shape index (κ3) is 5.20. The van der Waals surface area contributed by atoms with Gasteiger partial charge in [0.2, 0.25) is 0 Å². The maximum atomic E-state index is 12.6. The summed E-state index contributed by atoms with van der Waals surface area (Å²) in [5.74, 6) is -0.637. The van der Waals surface area contributed by atoms with Crippen LogP contribution in [0.4, 0.5) is 0 Å². The van der Waals surface area contributed by atoms with Gasteiger partial charge in [-0.3, -0.25) is 9.59 Å². The molecule has 0 spiro atoms. The van der Waals surface area contributed by atoms with Crippen LogP contribution in [-0.2, 0) is 11.3 Å². The Morgan fingerprint density at radius 2 is 1.41 bits per heavy atom. The molecule has 2 amide bonds.